The molecule has 0 radical (unpaired) electrons. The second-order valence-corrected chi connectivity index (χ2v) is 4.74. The van der Waals surface area contributed by atoms with Crippen LogP contribution in [0, 0.1) is 12.8 Å². The van der Waals surface area contributed by atoms with Gasteiger partial charge in [0.05, 0.1) is 0 Å². The van der Waals surface area contributed by atoms with Gasteiger partial charge in [-0.1, -0.05) is 29.8 Å². The minimum atomic E-state index is 0.902. The smallest absolute Gasteiger partial charge is 0.00204 e. The predicted octanol–water partition coefficient (Wildman–Crippen LogP) is 2.93. The third-order valence-corrected chi connectivity index (χ3v) is 3.32. The Morgan fingerprint density at radius 2 is 2.33 bits per heavy atom. The molecule has 1 heteroatoms. The molecule has 1 aliphatic rings. The average molecular weight is 203 g/mol. The van der Waals surface area contributed by atoms with E-state index in [1.165, 1.54) is 49.9 Å². The molecule has 1 aromatic rings. The van der Waals surface area contributed by atoms with E-state index in [0.717, 1.165) is 5.92 Å². The Labute approximate surface area is 92.9 Å². The molecule has 1 saturated heterocycles. The fourth-order valence-corrected chi connectivity index (χ4v) is 2.41. The number of piperidine rings is 1. The van der Waals surface area contributed by atoms with Gasteiger partial charge in [-0.15, -0.1) is 0 Å². The lowest BCUT2D eigenvalue weighted by atomic mass is 9.92. The van der Waals surface area contributed by atoms with E-state index in [4.69, 9.17) is 0 Å². The Morgan fingerprint density at radius 1 is 1.40 bits per heavy atom. The molecule has 1 N–H and O–H groups in total. The third-order valence-electron chi connectivity index (χ3n) is 3.32. The van der Waals surface area contributed by atoms with Crippen molar-refractivity contribution in [1.82, 2.24) is 5.32 Å². The molecule has 0 aromatic heterocycles. The summed E-state index contributed by atoms with van der Waals surface area (Å²) < 4.78 is 0. The van der Waals surface area contributed by atoms with E-state index < -0.39 is 0 Å². The molecule has 15 heavy (non-hydrogen) atoms. The van der Waals surface area contributed by atoms with Crippen molar-refractivity contribution in [1.29, 1.82) is 0 Å². The van der Waals surface area contributed by atoms with Crippen LogP contribution < -0.4 is 5.32 Å². The molecule has 0 spiro atoms. The predicted molar refractivity (Wildman–Crippen MR) is 65.1 cm³/mol. The Kier molecular flexibility index (Phi) is 3.79. The SMILES string of the molecule is Cc1cccc(CCC2CCCNC2)c1. The highest BCUT2D eigenvalue weighted by atomic mass is 14.9. The maximum atomic E-state index is 3.48. The van der Waals surface area contributed by atoms with E-state index in [9.17, 15) is 0 Å². The maximum absolute atomic E-state index is 3.48. The Morgan fingerprint density at radius 3 is 3.07 bits per heavy atom. The fraction of sp³-hybridized carbons (Fsp3) is 0.571. The van der Waals surface area contributed by atoms with Crippen molar-refractivity contribution in [3.63, 3.8) is 0 Å². The van der Waals surface area contributed by atoms with Gasteiger partial charge >= 0.3 is 0 Å². The first kappa shape index (κ1) is 10.7. The van der Waals surface area contributed by atoms with Crippen molar-refractivity contribution in [3.05, 3.63) is 35.4 Å². The molecule has 1 aliphatic heterocycles. The van der Waals surface area contributed by atoms with Gasteiger partial charge in [-0.05, 0) is 57.2 Å². The van der Waals surface area contributed by atoms with E-state index in [2.05, 4.69) is 36.5 Å². The summed E-state index contributed by atoms with van der Waals surface area (Å²) in [6.45, 7) is 4.62. The second-order valence-electron chi connectivity index (χ2n) is 4.74. The third kappa shape index (κ3) is 3.35. The second kappa shape index (κ2) is 5.32. The van der Waals surface area contributed by atoms with Crippen LogP contribution in [0.5, 0.6) is 0 Å². The van der Waals surface area contributed by atoms with Gasteiger partial charge in [-0.25, -0.2) is 0 Å². The van der Waals surface area contributed by atoms with E-state index in [0.29, 0.717) is 0 Å². The number of hydrogen-bond donors (Lipinski definition) is 1. The first-order valence-corrected chi connectivity index (χ1v) is 6.11. The van der Waals surface area contributed by atoms with Crippen LogP contribution >= 0.6 is 0 Å². The zero-order chi connectivity index (χ0) is 10.5. The molecule has 1 aromatic carbocycles. The number of aryl methyl sites for hydroxylation is 2. The summed E-state index contributed by atoms with van der Waals surface area (Å²) in [5.41, 5.74) is 2.88. The molecule has 1 nitrogen and oxygen atoms in total. The molecule has 0 aliphatic carbocycles. The number of nitrogens with one attached hydrogen (secondary N) is 1. The Balaban J connectivity index is 1.81. The van der Waals surface area contributed by atoms with Crippen LogP contribution in [-0.2, 0) is 6.42 Å². The largest absolute Gasteiger partial charge is 0.316 e. The van der Waals surface area contributed by atoms with Crippen molar-refractivity contribution in [2.45, 2.75) is 32.6 Å². The zero-order valence-corrected chi connectivity index (χ0v) is 9.63. The van der Waals surface area contributed by atoms with Crippen LogP contribution in [-0.4, -0.2) is 13.1 Å². The minimum Gasteiger partial charge on any atom is -0.316 e. The Bertz CT molecular complexity index is 300. The van der Waals surface area contributed by atoms with Gasteiger partial charge in [-0.2, -0.15) is 0 Å². The minimum absolute atomic E-state index is 0.902. The lowest BCUT2D eigenvalue weighted by Crippen LogP contribution is -2.29. The number of rotatable bonds is 3. The summed E-state index contributed by atoms with van der Waals surface area (Å²) >= 11 is 0. The summed E-state index contributed by atoms with van der Waals surface area (Å²) in [5.74, 6) is 0.902. The van der Waals surface area contributed by atoms with Crippen LogP contribution in [0.1, 0.15) is 30.4 Å². The van der Waals surface area contributed by atoms with E-state index in [-0.39, 0.29) is 0 Å². The molecule has 1 fully saturated rings. The first-order chi connectivity index (χ1) is 7.34. The van der Waals surface area contributed by atoms with Crippen molar-refractivity contribution in [3.8, 4) is 0 Å². The lowest BCUT2D eigenvalue weighted by Gasteiger charge is -2.22. The lowest BCUT2D eigenvalue weighted by molar-refractivity contribution is 0.358. The van der Waals surface area contributed by atoms with Crippen molar-refractivity contribution in [2.24, 2.45) is 5.92 Å². The van der Waals surface area contributed by atoms with Gasteiger partial charge in [0.15, 0.2) is 0 Å². The summed E-state index contributed by atoms with van der Waals surface area (Å²) in [7, 11) is 0. The normalized spacial score (nSPS) is 21.5. The quantitative estimate of drug-likeness (QED) is 0.796. The monoisotopic (exact) mass is 203 g/mol. The van der Waals surface area contributed by atoms with Gasteiger partial charge < -0.3 is 5.32 Å². The highest BCUT2D eigenvalue weighted by Gasteiger charge is 2.12. The Hall–Kier alpha value is -0.820. The van der Waals surface area contributed by atoms with Gasteiger partial charge in [-0.3, -0.25) is 0 Å². The molecule has 2 rings (SSSR count). The molecular formula is C14H21N. The van der Waals surface area contributed by atoms with Gasteiger partial charge in [0.1, 0.15) is 0 Å². The van der Waals surface area contributed by atoms with E-state index in [1.807, 2.05) is 0 Å². The molecule has 1 unspecified atom stereocenters. The summed E-state index contributed by atoms with van der Waals surface area (Å²) in [6.07, 6.45) is 5.36. The first-order valence-electron chi connectivity index (χ1n) is 6.11. The molecule has 0 bridgehead atoms. The maximum Gasteiger partial charge on any atom is -0.00204 e. The van der Waals surface area contributed by atoms with Gasteiger partial charge in [0.25, 0.3) is 0 Å². The van der Waals surface area contributed by atoms with Crippen LogP contribution in [0.25, 0.3) is 0 Å². The van der Waals surface area contributed by atoms with Crippen LogP contribution in [0.15, 0.2) is 24.3 Å². The average Bonchev–Trinajstić information content (AvgIpc) is 2.28. The summed E-state index contributed by atoms with van der Waals surface area (Å²) in [6, 6.07) is 8.91. The van der Waals surface area contributed by atoms with E-state index >= 15 is 0 Å². The van der Waals surface area contributed by atoms with Crippen LogP contribution in [0.2, 0.25) is 0 Å². The molecule has 82 valence electrons. The topological polar surface area (TPSA) is 12.0 Å². The van der Waals surface area contributed by atoms with Crippen molar-refractivity contribution >= 4 is 0 Å². The molecular weight excluding hydrogens is 182 g/mol. The summed E-state index contributed by atoms with van der Waals surface area (Å²) in [5, 5.41) is 3.48. The van der Waals surface area contributed by atoms with Gasteiger partial charge in [0, 0.05) is 0 Å². The molecule has 0 saturated carbocycles. The summed E-state index contributed by atoms with van der Waals surface area (Å²) in [4.78, 5) is 0. The number of benzene rings is 1. The van der Waals surface area contributed by atoms with E-state index in [1.54, 1.807) is 0 Å². The molecule has 0 amide bonds. The zero-order valence-electron chi connectivity index (χ0n) is 9.63. The van der Waals surface area contributed by atoms with Crippen molar-refractivity contribution < 1.29 is 0 Å². The van der Waals surface area contributed by atoms with Crippen LogP contribution in [0.3, 0.4) is 0 Å². The highest BCUT2D eigenvalue weighted by Crippen LogP contribution is 2.17. The van der Waals surface area contributed by atoms with Crippen LogP contribution in [0.4, 0.5) is 0 Å². The molecule has 1 atom stereocenters. The van der Waals surface area contributed by atoms with Crippen molar-refractivity contribution in [2.75, 3.05) is 13.1 Å². The van der Waals surface area contributed by atoms with Gasteiger partial charge in [0.2, 0.25) is 0 Å². The standard InChI is InChI=1S/C14H21N/c1-12-4-2-5-13(10-12)7-8-14-6-3-9-15-11-14/h2,4-5,10,14-15H,3,6-9,11H2,1H3. The molecule has 1 heterocycles. The number of hydrogen-bond acceptors (Lipinski definition) is 1. The highest BCUT2D eigenvalue weighted by molar-refractivity contribution is 5.22. The fourth-order valence-electron chi connectivity index (χ4n) is 2.41.